The van der Waals surface area contributed by atoms with Crippen LogP contribution in [0, 0.1) is 5.82 Å². The van der Waals surface area contributed by atoms with Gasteiger partial charge in [-0.25, -0.2) is 19.0 Å². The minimum atomic E-state index is -0.380. The molecule has 0 saturated carbocycles. The molecular weight excluding hydrogens is 417 g/mol. The Balaban J connectivity index is 0.00000259. The molecule has 0 aliphatic rings. The van der Waals surface area contributed by atoms with Gasteiger partial charge in [0.15, 0.2) is 11.5 Å². The van der Waals surface area contributed by atoms with Crippen LogP contribution >= 0.6 is 0 Å². The number of nitrogens with zero attached hydrogens (tertiary/aromatic N) is 7. The van der Waals surface area contributed by atoms with Gasteiger partial charge in [0.25, 0.3) is 5.56 Å². The van der Waals surface area contributed by atoms with Crippen LogP contribution in [0.5, 0.6) is 0 Å². The summed E-state index contributed by atoms with van der Waals surface area (Å²) in [5, 5.41) is 8.72. The maximum absolute atomic E-state index is 14.2. The number of carbonyl (C=O) groups is 1. The molecule has 0 saturated heterocycles. The molecule has 0 atom stereocenters. The van der Waals surface area contributed by atoms with Crippen molar-refractivity contribution in [1.29, 1.82) is 0 Å². The van der Waals surface area contributed by atoms with Crippen LogP contribution in [0.15, 0.2) is 58.2 Å². The van der Waals surface area contributed by atoms with Gasteiger partial charge in [-0.05, 0) is 12.1 Å². The fourth-order valence-corrected chi connectivity index (χ4v) is 3.56. The zero-order chi connectivity index (χ0) is 22.4. The number of benzene rings is 1. The van der Waals surface area contributed by atoms with Crippen LogP contribution < -0.4 is 5.56 Å². The quantitative estimate of drug-likeness (QED) is 0.426. The van der Waals surface area contributed by atoms with E-state index in [0.29, 0.717) is 22.6 Å². The van der Waals surface area contributed by atoms with E-state index >= 15 is 0 Å². The van der Waals surface area contributed by atoms with Crippen molar-refractivity contribution < 1.29 is 15.1 Å². The zero-order valence-electron chi connectivity index (χ0n) is 17.1. The standard InChI is InChI=1S/C21H16FN7O3.H2/c1-12(30)29-20-14(21(31)27(29)2)10-23-19(24-20)17-9-18(16-7-8-32-26-16)28(25-17)11-13-5-3-4-6-15(13)22;/h3-10H,11H2,1-2H3;1H/i;1+1. The summed E-state index contributed by atoms with van der Waals surface area (Å²) >= 11 is 0. The first-order valence-electron chi connectivity index (χ1n) is 9.62. The van der Waals surface area contributed by atoms with Crippen molar-refractivity contribution >= 4 is 16.9 Å². The van der Waals surface area contributed by atoms with Crippen LogP contribution in [-0.4, -0.2) is 40.2 Å². The van der Waals surface area contributed by atoms with Crippen molar-refractivity contribution in [2.75, 3.05) is 0 Å². The molecular formula is C21H18FN7O3. The Hall–Kier alpha value is -4.41. The van der Waals surface area contributed by atoms with Crippen LogP contribution in [-0.2, 0) is 13.6 Å². The van der Waals surface area contributed by atoms with Gasteiger partial charge in [-0.3, -0.25) is 14.3 Å². The fraction of sp³-hybridized carbons (Fsp3) is 0.143. The van der Waals surface area contributed by atoms with E-state index in [2.05, 4.69) is 20.2 Å². The molecule has 5 aromatic rings. The third-order valence-corrected chi connectivity index (χ3v) is 5.08. The molecule has 0 N–H and O–H groups in total. The summed E-state index contributed by atoms with van der Waals surface area (Å²) in [6.45, 7) is 1.48. The second-order valence-corrected chi connectivity index (χ2v) is 7.14. The molecule has 0 amide bonds. The van der Waals surface area contributed by atoms with Gasteiger partial charge in [-0.2, -0.15) is 9.78 Å². The SMILES string of the molecule is CC(=O)n1c2nc(-c3cc(-c4ccon4)n(Cc4ccccc4F)n3)ncc2c(=O)n1C.[2HH]. The number of rotatable bonds is 4. The molecule has 4 heterocycles. The molecule has 0 spiro atoms. The molecule has 4 aromatic heterocycles. The summed E-state index contributed by atoms with van der Waals surface area (Å²) in [5.74, 6) is -0.518. The lowest BCUT2D eigenvalue weighted by atomic mass is 10.2. The van der Waals surface area contributed by atoms with Gasteiger partial charge in [-0.15, -0.1) is 0 Å². The molecule has 0 bridgehead atoms. The average Bonchev–Trinajstić information content (AvgIpc) is 3.49. The molecule has 10 nitrogen and oxygen atoms in total. The Morgan fingerprint density at radius 2 is 2.03 bits per heavy atom. The summed E-state index contributed by atoms with van der Waals surface area (Å²) in [6.07, 6.45) is 2.79. The molecule has 32 heavy (non-hydrogen) atoms. The van der Waals surface area contributed by atoms with Crippen LogP contribution in [0.4, 0.5) is 4.39 Å². The minimum Gasteiger partial charge on any atom is -0.364 e. The normalized spacial score (nSPS) is 11.3. The van der Waals surface area contributed by atoms with Crippen molar-refractivity contribution in [3.05, 3.63) is 70.6 Å². The Kier molecular flexibility index (Phi) is 4.51. The fourth-order valence-electron chi connectivity index (χ4n) is 3.56. The monoisotopic (exact) mass is 436 g/mol. The van der Waals surface area contributed by atoms with E-state index < -0.39 is 0 Å². The molecule has 11 heteroatoms. The third kappa shape index (κ3) is 3.11. The highest BCUT2D eigenvalue weighted by Gasteiger charge is 2.20. The van der Waals surface area contributed by atoms with Crippen LogP contribution in [0.25, 0.3) is 33.9 Å². The molecule has 5 rings (SSSR count). The first-order chi connectivity index (χ1) is 15.4. The van der Waals surface area contributed by atoms with Crippen LogP contribution in [0.2, 0.25) is 0 Å². The lowest BCUT2D eigenvalue weighted by Gasteiger charge is -2.06. The Bertz CT molecular complexity index is 1540. The van der Waals surface area contributed by atoms with Crippen molar-refractivity contribution in [3.63, 3.8) is 0 Å². The second kappa shape index (κ2) is 7.38. The number of hydrogen-bond acceptors (Lipinski definition) is 7. The molecule has 162 valence electrons. The number of carbonyl (C=O) groups excluding carboxylic acids is 1. The molecule has 0 radical (unpaired) electrons. The van der Waals surface area contributed by atoms with Crippen molar-refractivity contribution in [2.24, 2.45) is 7.05 Å². The first kappa shape index (κ1) is 19.5. The maximum Gasteiger partial charge on any atom is 0.277 e. The van der Waals surface area contributed by atoms with E-state index in [0.717, 1.165) is 0 Å². The smallest absolute Gasteiger partial charge is 0.277 e. The predicted octanol–water partition coefficient (Wildman–Crippen LogP) is 2.74. The van der Waals surface area contributed by atoms with Crippen molar-refractivity contribution in [1.82, 2.24) is 34.3 Å². The van der Waals surface area contributed by atoms with Gasteiger partial charge in [0, 0.05) is 33.2 Å². The van der Waals surface area contributed by atoms with Crippen LogP contribution in [0.1, 0.15) is 18.7 Å². The van der Waals surface area contributed by atoms with Gasteiger partial charge >= 0.3 is 0 Å². The predicted molar refractivity (Wildman–Crippen MR) is 113 cm³/mol. The van der Waals surface area contributed by atoms with Crippen molar-refractivity contribution in [2.45, 2.75) is 13.5 Å². The lowest BCUT2D eigenvalue weighted by molar-refractivity contribution is 0.0911. The largest absolute Gasteiger partial charge is 0.364 e. The van der Waals surface area contributed by atoms with Gasteiger partial charge in [0.05, 0.1) is 12.2 Å². The number of hydrogen-bond donors (Lipinski definition) is 0. The number of aromatic nitrogens is 7. The Morgan fingerprint density at radius 3 is 2.75 bits per heavy atom. The van der Waals surface area contributed by atoms with E-state index in [-0.39, 0.29) is 42.1 Å². The molecule has 0 aliphatic carbocycles. The Labute approximate surface area is 181 Å². The van der Waals surface area contributed by atoms with Gasteiger partial charge < -0.3 is 4.52 Å². The van der Waals surface area contributed by atoms with E-state index in [1.54, 1.807) is 35.0 Å². The molecule has 0 fully saturated rings. The minimum absolute atomic E-state index is 0. The van der Waals surface area contributed by atoms with E-state index in [9.17, 15) is 14.0 Å². The van der Waals surface area contributed by atoms with Crippen LogP contribution in [0.3, 0.4) is 0 Å². The second-order valence-electron chi connectivity index (χ2n) is 7.14. The summed E-state index contributed by atoms with van der Waals surface area (Å²) in [6, 6.07) is 9.76. The first-order valence-corrected chi connectivity index (χ1v) is 9.62. The highest BCUT2D eigenvalue weighted by Crippen LogP contribution is 2.25. The molecule has 1 aromatic carbocycles. The maximum atomic E-state index is 14.2. The summed E-state index contributed by atoms with van der Waals surface area (Å²) < 4.78 is 23.1. The topological polar surface area (TPSA) is 114 Å². The summed E-state index contributed by atoms with van der Waals surface area (Å²) in [5.41, 5.74) is 1.68. The van der Waals surface area contributed by atoms with Gasteiger partial charge in [-0.1, -0.05) is 23.4 Å². The van der Waals surface area contributed by atoms with E-state index in [1.165, 1.54) is 41.9 Å². The van der Waals surface area contributed by atoms with E-state index in [1.807, 2.05) is 0 Å². The number of fused-ring (bicyclic) bond motifs is 1. The summed E-state index contributed by atoms with van der Waals surface area (Å²) in [4.78, 5) is 33.1. The molecule has 0 aliphatic heterocycles. The highest BCUT2D eigenvalue weighted by atomic mass is 19.1. The van der Waals surface area contributed by atoms with E-state index in [4.69, 9.17) is 4.52 Å². The summed E-state index contributed by atoms with van der Waals surface area (Å²) in [7, 11) is 1.48. The zero-order valence-corrected chi connectivity index (χ0v) is 17.1. The third-order valence-electron chi connectivity index (χ3n) is 5.08. The molecule has 0 unspecified atom stereocenters. The van der Waals surface area contributed by atoms with Gasteiger partial charge in [0.2, 0.25) is 5.91 Å². The lowest BCUT2D eigenvalue weighted by Crippen LogP contribution is -2.22. The Morgan fingerprint density at radius 1 is 1.22 bits per heavy atom. The highest BCUT2D eigenvalue weighted by molar-refractivity contribution is 5.87. The average molecular weight is 436 g/mol. The number of halogens is 1. The van der Waals surface area contributed by atoms with Gasteiger partial charge in [0.1, 0.15) is 28.9 Å². The van der Waals surface area contributed by atoms with Crippen molar-refractivity contribution in [3.8, 4) is 22.9 Å².